The summed E-state index contributed by atoms with van der Waals surface area (Å²) < 4.78 is 27.1. The number of hydrogen-bond donors (Lipinski definition) is 1. The summed E-state index contributed by atoms with van der Waals surface area (Å²) in [4.78, 5) is 11.4. The zero-order chi connectivity index (χ0) is 16.3. The van der Waals surface area contributed by atoms with Crippen molar-refractivity contribution in [3.05, 3.63) is 28.8 Å². The predicted octanol–water partition coefficient (Wildman–Crippen LogP) is 2.33. The molecule has 0 radical (unpaired) electrons. The summed E-state index contributed by atoms with van der Waals surface area (Å²) in [6, 6.07) is 4.97. The number of amides is 1. The van der Waals surface area contributed by atoms with E-state index in [1.807, 2.05) is 0 Å². The first-order valence-corrected chi connectivity index (χ1v) is 9.16. The van der Waals surface area contributed by atoms with Crippen molar-refractivity contribution in [3.63, 3.8) is 0 Å². The first-order valence-electron chi connectivity index (χ1n) is 7.34. The van der Waals surface area contributed by atoms with Crippen LogP contribution in [0.1, 0.15) is 31.7 Å². The average Bonchev–Trinajstić information content (AvgIpc) is 2.67. The van der Waals surface area contributed by atoms with Gasteiger partial charge in [0.2, 0.25) is 15.9 Å². The minimum atomic E-state index is -3.55. The number of nitrogens with zero attached hydrogens (tertiary/aromatic N) is 1. The number of sulfonamides is 1. The number of carbonyl (C=O) groups excluding carboxylic acids is 1. The van der Waals surface area contributed by atoms with Crippen molar-refractivity contribution in [3.8, 4) is 0 Å². The molecule has 1 saturated heterocycles. The zero-order valence-electron chi connectivity index (χ0n) is 12.8. The van der Waals surface area contributed by atoms with Crippen LogP contribution in [0.3, 0.4) is 0 Å². The highest BCUT2D eigenvalue weighted by molar-refractivity contribution is 7.89. The Kier molecular flexibility index (Phi) is 5.47. The maximum Gasteiger partial charge on any atom is 0.243 e. The third-order valence-corrected chi connectivity index (χ3v) is 6.38. The Hall–Kier alpha value is -1.11. The number of nitrogens with one attached hydrogen (secondary N) is 1. The van der Waals surface area contributed by atoms with E-state index in [0.29, 0.717) is 30.1 Å². The van der Waals surface area contributed by atoms with Crippen LogP contribution in [0.5, 0.6) is 0 Å². The van der Waals surface area contributed by atoms with E-state index in [9.17, 15) is 13.2 Å². The van der Waals surface area contributed by atoms with E-state index in [1.54, 1.807) is 25.1 Å². The standard InChI is InChI=1S/C15H21ClN2O3S/c1-11-14(16)6-3-7-15(11)22(20,21)18-9-4-5-13(8-10-18)17-12(2)19/h3,6-7,13H,4-5,8-10H2,1-2H3,(H,17,19)/t13-/m0/s1. The van der Waals surface area contributed by atoms with Gasteiger partial charge in [-0.05, 0) is 43.9 Å². The maximum absolute atomic E-state index is 12.8. The van der Waals surface area contributed by atoms with E-state index in [0.717, 1.165) is 12.8 Å². The summed E-state index contributed by atoms with van der Waals surface area (Å²) in [6.07, 6.45) is 2.14. The Morgan fingerprint density at radius 3 is 2.73 bits per heavy atom. The lowest BCUT2D eigenvalue weighted by atomic mass is 10.1. The van der Waals surface area contributed by atoms with E-state index >= 15 is 0 Å². The molecule has 1 atom stereocenters. The van der Waals surface area contributed by atoms with Crippen molar-refractivity contribution in [1.29, 1.82) is 0 Å². The Balaban J connectivity index is 2.20. The maximum atomic E-state index is 12.8. The van der Waals surface area contributed by atoms with E-state index in [1.165, 1.54) is 11.2 Å². The van der Waals surface area contributed by atoms with Gasteiger partial charge in [0.1, 0.15) is 0 Å². The highest BCUT2D eigenvalue weighted by Crippen LogP contribution is 2.27. The summed E-state index contributed by atoms with van der Waals surface area (Å²) in [7, 11) is -3.55. The van der Waals surface area contributed by atoms with Gasteiger partial charge in [-0.2, -0.15) is 4.31 Å². The van der Waals surface area contributed by atoms with Crippen LogP contribution in [0, 0.1) is 6.92 Å². The first kappa shape index (κ1) is 17.2. The molecular formula is C15H21ClN2O3S. The molecule has 122 valence electrons. The highest BCUT2D eigenvalue weighted by atomic mass is 35.5. The van der Waals surface area contributed by atoms with Crippen LogP contribution < -0.4 is 5.32 Å². The van der Waals surface area contributed by atoms with Crippen molar-refractivity contribution in [2.45, 2.75) is 44.0 Å². The van der Waals surface area contributed by atoms with Crippen LogP contribution in [0.4, 0.5) is 0 Å². The van der Waals surface area contributed by atoms with Gasteiger partial charge in [-0.15, -0.1) is 0 Å². The summed E-state index contributed by atoms with van der Waals surface area (Å²) in [5, 5.41) is 3.32. The van der Waals surface area contributed by atoms with Gasteiger partial charge in [-0.3, -0.25) is 4.79 Å². The Morgan fingerprint density at radius 1 is 1.32 bits per heavy atom. The molecule has 1 heterocycles. The van der Waals surface area contributed by atoms with Crippen molar-refractivity contribution >= 4 is 27.5 Å². The summed E-state index contributed by atoms with van der Waals surface area (Å²) in [5.41, 5.74) is 0.576. The van der Waals surface area contributed by atoms with Crippen LogP contribution in [-0.4, -0.2) is 37.8 Å². The minimum absolute atomic E-state index is 0.0400. The number of halogens is 1. The molecule has 1 aliphatic rings. The lowest BCUT2D eigenvalue weighted by molar-refractivity contribution is -0.119. The molecule has 2 rings (SSSR count). The smallest absolute Gasteiger partial charge is 0.243 e. The quantitative estimate of drug-likeness (QED) is 0.915. The predicted molar refractivity (Wildman–Crippen MR) is 86.4 cm³/mol. The lowest BCUT2D eigenvalue weighted by Gasteiger charge is -2.21. The third-order valence-electron chi connectivity index (χ3n) is 3.93. The fraction of sp³-hybridized carbons (Fsp3) is 0.533. The molecule has 1 aliphatic heterocycles. The Labute approximate surface area is 136 Å². The zero-order valence-corrected chi connectivity index (χ0v) is 14.4. The molecular weight excluding hydrogens is 324 g/mol. The van der Waals surface area contributed by atoms with Crippen molar-refractivity contribution < 1.29 is 13.2 Å². The third kappa shape index (κ3) is 3.80. The number of rotatable bonds is 3. The van der Waals surface area contributed by atoms with Gasteiger partial charge in [-0.1, -0.05) is 17.7 Å². The Bertz CT molecular complexity index is 661. The topological polar surface area (TPSA) is 66.5 Å². The van der Waals surface area contributed by atoms with E-state index in [-0.39, 0.29) is 16.8 Å². The minimum Gasteiger partial charge on any atom is -0.354 e. The number of benzene rings is 1. The van der Waals surface area contributed by atoms with Crippen molar-refractivity contribution in [1.82, 2.24) is 9.62 Å². The molecule has 22 heavy (non-hydrogen) atoms. The SMILES string of the molecule is CC(=O)N[C@H]1CCCN(S(=O)(=O)c2cccc(Cl)c2C)CC1. The van der Waals surface area contributed by atoms with Gasteiger partial charge in [0.25, 0.3) is 0 Å². The van der Waals surface area contributed by atoms with Crippen LogP contribution in [0.2, 0.25) is 5.02 Å². The van der Waals surface area contributed by atoms with Gasteiger partial charge >= 0.3 is 0 Å². The second kappa shape index (κ2) is 6.98. The normalized spacial score (nSPS) is 20.4. The molecule has 1 amide bonds. The fourth-order valence-corrected chi connectivity index (χ4v) is 4.72. The van der Waals surface area contributed by atoms with Crippen LogP contribution in [-0.2, 0) is 14.8 Å². The van der Waals surface area contributed by atoms with Crippen LogP contribution >= 0.6 is 11.6 Å². The second-order valence-corrected chi connectivity index (χ2v) is 7.91. The molecule has 7 heteroatoms. The van der Waals surface area contributed by atoms with Gasteiger partial charge in [0.05, 0.1) is 4.90 Å². The Morgan fingerprint density at radius 2 is 2.05 bits per heavy atom. The molecule has 0 saturated carbocycles. The molecule has 0 unspecified atom stereocenters. The molecule has 1 N–H and O–H groups in total. The van der Waals surface area contributed by atoms with Gasteiger partial charge < -0.3 is 5.32 Å². The van der Waals surface area contributed by atoms with Gasteiger partial charge in [0, 0.05) is 31.1 Å². The summed E-state index contributed by atoms with van der Waals surface area (Å²) >= 11 is 6.04. The highest BCUT2D eigenvalue weighted by Gasteiger charge is 2.29. The monoisotopic (exact) mass is 344 g/mol. The van der Waals surface area contributed by atoms with Crippen molar-refractivity contribution in [2.75, 3.05) is 13.1 Å². The lowest BCUT2D eigenvalue weighted by Crippen LogP contribution is -2.35. The van der Waals surface area contributed by atoms with Crippen LogP contribution in [0.25, 0.3) is 0 Å². The first-order chi connectivity index (χ1) is 10.3. The molecule has 0 bridgehead atoms. The van der Waals surface area contributed by atoms with E-state index < -0.39 is 10.0 Å². The number of carbonyl (C=O) groups is 1. The molecule has 1 aromatic carbocycles. The van der Waals surface area contributed by atoms with E-state index in [2.05, 4.69) is 5.32 Å². The number of hydrogen-bond acceptors (Lipinski definition) is 3. The van der Waals surface area contributed by atoms with E-state index in [4.69, 9.17) is 11.6 Å². The molecule has 1 fully saturated rings. The van der Waals surface area contributed by atoms with Crippen molar-refractivity contribution in [2.24, 2.45) is 0 Å². The largest absolute Gasteiger partial charge is 0.354 e. The molecule has 1 aromatic rings. The van der Waals surface area contributed by atoms with Gasteiger partial charge in [0.15, 0.2) is 0 Å². The summed E-state index contributed by atoms with van der Waals surface area (Å²) in [5.74, 6) is -0.0769. The van der Waals surface area contributed by atoms with Crippen LogP contribution in [0.15, 0.2) is 23.1 Å². The second-order valence-electron chi connectivity index (χ2n) is 5.60. The molecule has 0 spiro atoms. The fourth-order valence-electron chi connectivity index (χ4n) is 2.75. The molecule has 5 nitrogen and oxygen atoms in total. The molecule has 0 aromatic heterocycles. The van der Waals surface area contributed by atoms with Gasteiger partial charge in [-0.25, -0.2) is 8.42 Å². The summed E-state index contributed by atoms with van der Waals surface area (Å²) in [6.45, 7) is 4.06. The molecule has 0 aliphatic carbocycles. The average molecular weight is 345 g/mol.